The molecule has 3 aromatic rings. The van der Waals surface area contributed by atoms with Gasteiger partial charge in [0, 0.05) is 28.5 Å². The lowest BCUT2D eigenvalue weighted by Crippen LogP contribution is -2.32. The first-order valence-electron chi connectivity index (χ1n) is 8.32. The summed E-state index contributed by atoms with van der Waals surface area (Å²) in [7, 11) is 0. The number of carbonyl (C=O) groups is 1. The van der Waals surface area contributed by atoms with Crippen molar-refractivity contribution >= 4 is 33.0 Å². The lowest BCUT2D eigenvalue weighted by Gasteiger charge is -2.23. The quantitative estimate of drug-likeness (QED) is 0.545. The third kappa shape index (κ3) is 3.71. The van der Waals surface area contributed by atoms with Gasteiger partial charge >= 0.3 is 6.09 Å². The molecule has 0 bridgehead atoms. The van der Waals surface area contributed by atoms with Gasteiger partial charge in [0.2, 0.25) is 0 Å². The van der Waals surface area contributed by atoms with Gasteiger partial charge in [-0.2, -0.15) is 0 Å². The van der Waals surface area contributed by atoms with Crippen LogP contribution in [0.25, 0.3) is 11.0 Å². The molecule has 0 saturated heterocycles. The molecule has 3 rings (SSSR count). The molecule has 0 aliphatic heterocycles. The lowest BCUT2D eigenvalue weighted by molar-refractivity contribution is 0.0723. The van der Waals surface area contributed by atoms with Gasteiger partial charge in [0.05, 0.1) is 0 Å². The fourth-order valence-electron chi connectivity index (χ4n) is 2.75. The van der Waals surface area contributed by atoms with Gasteiger partial charge in [-0.15, -0.1) is 0 Å². The van der Waals surface area contributed by atoms with Crippen molar-refractivity contribution in [1.29, 1.82) is 0 Å². The van der Waals surface area contributed by atoms with Crippen molar-refractivity contribution in [3.63, 3.8) is 0 Å². The van der Waals surface area contributed by atoms with Gasteiger partial charge in [-0.1, -0.05) is 52.3 Å². The highest BCUT2D eigenvalue weighted by molar-refractivity contribution is 9.10. The fraction of sp³-hybridized carbons (Fsp3) is 0.250. The third-order valence-corrected chi connectivity index (χ3v) is 4.85. The van der Waals surface area contributed by atoms with Crippen molar-refractivity contribution in [3.8, 4) is 0 Å². The first-order valence-corrected chi connectivity index (χ1v) is 9.11. The SMILES string of the molecule is CCN(CC)C(=O)OC(c1cc2ccccc2o1)c1ccccc1Br. The highest BCUT2D eigenvalue weighted by atomic mass is 79.9. The average Bonchev–Trinajstić information content (AvgIpc) is 3.05. The Morgan fingerprint density at radius 1 is 1.12 bits per heavy atom. The van der Waals surface area contributed by atoms with Crippen LogP contribution in [-0.2, 0) is 4.74 Å². The van der Waals surface area contributed by atoms with E-state index >= 15 is 0 Å². The molecule has 0 N–H and O–H groups in total. The summed E-state index contributed by atoms with van der Waals surface area (Å²) < 4.78 is 12.7. The topological polar surface area (TPSA) is 42.7 Å². The van der Waals surface area contributed by atoms with E-state index < -0.39 is 6.10 Å². The molecule has 5 heteroatoms. The predicted octanol–water partition coefficient (Wildman–Crippen LogP) is 5.76. The van der Waals surface area contributed by atoms with Gasteiger partial charge < -0.3 is 14.1 Å². The van der Waals surface area contributed by atoms with Crippen LogP contribution in [0.3, 0.4) is 0 Å². The van der Waals surface area contributed by atoms with Crippen LogP contribution in [0.4, 0.5) is 4.79 Å². The van der Waals surface area contributed by atoms with E-state index in [1.807, 2.05) is 68.4 Å². The minimum atomic E-state index is -0.615. The summed E-state index contributed by atoms with van der Waals surface area (Å²) in [5.74, 6) is 0.605. The van der Waals surface area contributed by atoms with Gasteiger partial charge in [-0.25, -0.2) is 4.79 Å². The number of fused-ring (bicyclic) bond motifs is 1. The van der Waals surface area contributed by atoms with Crippen molar-refractivity contribution < 1.29 is 13.9 Å². The van der Waals surface area contributed by atoms with E-state index in [1.54, 1.807) is 4.90 Å². The van der Waals surface area contributed by atoms with E-state index in [2.05, 4.69) is 15.9 Å². The molecule has 4 nitrogen and oxygen atoms in total. The monoisotopic (exact) mass is 401 g/mol. The number of para-hydroxylation sites is 1. The molecule has 2 aromatic carbocycles. The van der Waals surface area contributed by atoms with Crippen LogP contribution >= 0.6 is 15.9 Å². The molecule has 0 fully saturated rings. The second kappa shape index (κ2) is 7.74. The smallest absolute Gasteiger partial charge is 0.410 e. The highest BCUT2D eigenvalue weighted by Gasteiger charge is 2.26. The standard InChI is InChI=1S/C20H20BrNO3/c1-3-22(4-2)20(23)25-19(15-10-6-7-11-16(15)21)18-13-14-9-5-8-12-17(14)24-18/h5-13,19H,3-4H2,1-2H3. The minimum Gasteiger partial charge on any atom is -0.457 e. The van der Waals surface area contributed by atoms with E-state index in [9.17, 15) is 4.79 Å². The van der Waals surface area contributed by atoms with Gasteiger partial charge in [-0.3, -0.25) is 0 Å². The zero-order chi connectivity index (χ0) is 17.8. The Kier molecular flexibility index (Phi) is 5.43. The fourth-order valence-corrected chi connectivity index (χ4v) is 3.24. The molecular weight excluding hydrogens is 382 g/mol. The van der Waals surface area contributed by atoms with E-state index in [-0.39, 0.29) is 6.09 Å². The van der Waals surface area contributed by atoms with Crippen LogP contribution in [-0.4, -0.2) is 24.1 Å². The maximum atomic E-state index is 12.5. The summed E-state index contributed by atoms with van der Waals surface area (Å²) in [4.78, 5) is 14.2. The summed E-state index contributed by atoms with van der Waals surface area (Å²) in [6, 6.07) is 17.4. The number of rotatable bonds is 5. The van der Waals surface area contributed by atoms with Crippen LogP contribution in [0.5, 0.6) is 0 Å². The molecule has 1 amide bonds. The number of hydrogen-bond donors (Lipinski definition) is 0. The van der Waals surface area contributed by atoms with Gasteiger partial charge in [0.1, 0.15) is 5.58 Å². The van der Waals surface area contributed by atoms with E-state index in [0.717, 1.165) is 21.0 Å². The van der Waals surface area contributed by atoms with Crippen molar-refractivity contribution in [2.45, 2.75) is 20.0 Å². The van der Waals surface area contributed by atoms with E-state index in [4.69, 9.17) is 9.15 Å². The van der Waals surface area contributed by atoms with Crippen molar-refractivity contribution in [1.82, 2.24) is 4.90 Å². The minimum absolute atomic E-state index is 0.355. The van der Waals surface area contributed by atoms with Crippen LogP contribution in [0.15, 0.2) is 63.5 Å². The summed E-state index contributed by atoms with van der Waals surface area (Å²) >= 11 is 3.55. The van der Waals surface area contributed by atoms with Gasteiger partial charge in [0.15, 0.2) is 11.9 Å². The largest absolute Gasteiger partial charge is 0.457 e. The molecule has 0 radical (unpaired) electrons. The number of ether oxygens (including phenoxy) is 1. The van der Waals surface area contributed by atoms with Crippen LogP contribution in [0, 0.1) is 0 Å². The number of halogens is 1. The Labute approximate surface area is 155 Å². The maximum absolute atomic E-state index is 12.5. The molecule has 25 heavy (non-hydrogen) atoms. The zero-order valence-corrected chi connectivity index (χ0v) is 15.8. The van der Waals surface area contributed by atoms with Crippen LogP contribution in [0.1, 0.15) is 31.3 Å². The third-order valence-electron chi connectivity index (χ3n) is 4.13. The number of hydrogen-bond acceptors (Lipinski definition) is 3. The number of benzene rings is 2. The van der Waals surface area contributed by atoms with Crippen LogP contribution < -0.4 is 0 Å². The number of nitrogens with zero attached hydrogens (tertiary/aromatic N) is 1. The number of amides is 1. The molecule has 0 aliphatic rings. The van der Waals surface area contributed by atoms with E-state index in [0.29, 0.717) is 18.8 Å². The second-order valence-corrected chi connectivity index (χ2v) is 6.50. The molecule has 1 atom stereocenters. The Morgan fingerprint density at radius 3 is 2.48 bits per heavy atom. The molecule has 1 heterocycles. The van der Waals surface area contributed by atoms with Crippen molar-refractivity contribution in [2.75, 3.05) is 13.1 Å². The Morgan fingerprint density at radius 2 is 1.80 bits per heavy atom. The Balaban J connectivity index is 2.02. The lowest BCUT2D eigenvalue weighted by atomic mass is 10.1. The number of carbonyl (C=O) groups excluding carboxylic acids is 1. The normalized spacial score (nSPS) is 12.1. The first-order chi connectivity index (χ1) is 12.1. The first kappa shape index (κ1) is 17.5. The maximum Gasteiger partial charge on any atom is 0.410 e. The number of furan rings is 1. The summed E-state index contributed by atoms with van der Waals surface area (Å²) in [5.41, 5.74) is 1.62. The highest BCUT2D eigenvalue weighted by Crippen LogP contribution is 2.35. The Bertz CT molecular complexity index is 837. The molecule has 130 valence electrons. The molecule has 0 aliphatic carbocycles. The molecule has 1 aromatic heterocycles. The summed E-state index contributed by atoms with van der Waals surface area (Å²) in [5, 5.41) is 0.980. The van der Waals surface area contributed by atoms with Gasteiger partial charge in [-0.05, 0) is 32.0 Å². The Hall–Kier alpha value is -2.27. The average molecular weight is 402 g/mol. The summed E-state index contributed by atoms with van der Waals surface area (Å²) in [6.45, 7) is 5.05. The summed E-state index contributed by atoms with van der Waals surface area (Å²) in [6.07, 6.45) is -0.970. The zero-order valence-electron chi connectivity index (χ0n) is 14.2. The van der Waals surface area contributed by atoms with Crippen LogP contribution in [0.2, 0.25) is 0 Å². The molecule has 0 saturated carbocycles. The molecule has 0 spiro atoms. The van der Waals surface area contributed by atoms with Crippen molar-refractivity contribution in [2.24, 2.45) is 0 Å². The van der Waals surface area contributed by atoms with E-state index in [1.165, 1.54) is 0 Å². The predicted molar refractivity (Wildman–Crippen MR) is 102 cm³/mol. The van der Waals surface area contributed by atoms with Crippen molar-refractivity contribution in [3.05, 3.63) is 70.4 Å². The molecular formula is C20H20BrNO3. The molecule has 1 unspecified atom stereocenters. The second-order valence-electron chi connectivity index (χ2n) is 5.64. The van der Waals surface area contributed by atoms with Gasteiger partial charge in [0.25, 0.3) is 0 Å².